The lowest BCUT2D eigenvalue weighted by atomic mass is 9.99. The van der Waals surface area contributed by atoms with Crippen molar-refractivity contribution in [2.45, 2.75) is 25.3 Å². The molecule has 2 aliphatic heterocycles. The fourth-order valence-corrected chi connectivity index (χ4v) is 3.31. The van der Waals surface area contributed by atoms with Gasteiger partial charge in [0.1, 0.15) is 0 Å². The minimum atomic E-state index is -0.642. The first-order valence-electron chi connectivity index (χ1n) is 9.14. The number of rotatable bonds is 4. The van der Waals surface area contributed by atoms with Crippen molar-refractivity contribution in [2.75, 3.05) is 57.5 Å². The summed E-state index contributed by atoms with van der Waals surface area (Å²) < 4.78 is 0. The lowest BCUT2D eigenvalue weighted by molar-refractivity contribution is -0.142. The summed E-state index contributed by atoms with van der Waals surface area (Å²) in [4.78, 5) is 15.1. The van der Waals surface area contributed by atoms with Crippen LogP contribution < -0.4 is 15.5 Å². The van der Waals surface area contributed by atoms with Gasteiger partial charge in [-0.1, -0.05) is 0 Å². The van der Waals surface area contributed by atoms with E-state index < -0.39 is 5.97 Å². The van der Waals surface area contributed by atoms with Crippen LogP contribution in [0.25, 0.3) is 0 Å². The SMILES string of the molecule is CNc1ccc(N2CCC(N(C)C)C2)cc1.O=C(O)C1CCNCC1. The highest BCUT2D eigenvalue weighted by Gasteiger charge is 2.23. The molecule has 25 heavy (non-hydrogen) atoms. The van der Waals surface area contributed by atoms with Gasteiger partial charge in [0.25, 0.3) is 0 Å². The third-order valence-electron chi connectivity index (χ3n) is 5.10. The van der Waals surface area contributed by atoms with Crippen molar-refractivity contribution in [3.8, 4) is 0 Å². The number of anilines is 2. The number of likely N-dealkylation sites (N-methyl/N-ethyl adjacent to an activating group) is 1. The Hall–Kier alpha value is -1.79. The lowest BCUT2D eigenvalue weighted by Crippen LogP contribution is -2.31. The van der Waals surface area contributed by atoms with Gasteiger partial charge in [0, 0.05) is 37.6 Å². The first-order valence-corrected chi connectivity index (χ1v) is 9.14. The molecular formula is C19H32N4O2. The lowest BCUT2D eigenvalue weighted by Gasteiger charge is -2.22. The molecule has 0 saturated carbocycles. The van der Waals surface area contributed by atoms with Gasteiger partial charge in [0.05, 0.1) is 5.92 Å². The molecular weight excluding hydrogens is 316 g/mol. The molecule has 1 unspecified atom stereocenters. The molecule has 0 aromatic heterocycles. The van der Waals surface area contributed by atoms with E-state index in [4.69, 9.17) is 5.11 Å². The highest BCUT2D eigenvalue weighted by Crippen LogP contribution is 2.23. The van der Waals surface area contributed by atoms with Crippen molar-refractivity contribution in [1.29, 1.82) is 0 Å². The number of benzene rings is 1. The van der Waals surface area contributed by atoms with Gasteiger partial charge >= 0.3 is 5.97 Å². The Bertz CT molecular complexity index is 527. The van der Waals surface area contributed by atoms with E-state index in [9.17, 15) is 4.79 Å². The topological polar surface area (TPSA) is 67.8 Å². The van der Waals surface area contributed by atoms with Crippen LogP contribution in [0.4, 0.5) is 11.4 Å². The molecule has 140 valence electrons. The van der Waals surface area contributed by atoms with Crippen molar-refractivity contribution in [1.82, 2.24) is 10.2 Å². The second kappa shape index (κ2) is 9.63. The number of nitrogens with one attached hydrogen (secondary N) is 2. The average Bonchev–Trinajstić information content (AvgIpc) is 3.13. The summed E-state index contributed by atoms with van der Waals surface area (Å²) in [6.45, 7) is 4.03. The molecule has 1 aromatic rings. The molecule has 1 aromatic carbocycles. The zero-order valence-electron chi connectivity index (χ0n) is 15.7. The molecule has 6 heteroatoms. The van der Waals surface area contributed by atoms with Crippen LogP contribution in [0.15, 0.2) is 24.3 Å². The molecule has 1 atom stereocenters. The highest BCUT2D eigenvalue weighted by atomic mass is 16.4. The number of piperidine rings is 1. The van der Waals surface area contributed by atoms with Crippen LogP contribution in [0.3, 0.4) is 0 Å². The summed E-state index contributed by atoms with van der Waals surface area (Å²) in [7, 11) is 6.28. The Morgan fingerprint density at radius 3 is 2.28 bits per heavy atom. The normalized spacial score (nSPS) is 21.0. The summed E-state index contributed by atoms with van der Waals surface area (Å²) in [5.74, 6) is -0.734. The summed E-state index contributed by atoms with van der Waals surface area (Å²) in [5.41, 5.74) is 2.51. The monoisotopic (exact) mass is 348 g/mol. The zero-order valence-corrected chi connectivity index (χ0v) is 15.7. The number of aliphatic carboxylic acids is 1. The Morgan fingerprint density at radius 2 is 1.84 bits per heavy atom. The highest BCUT2D eigenvalue weighted by molar-refractivity contribution is 5.70. The maximum atomic E-state index is 10.3. The Balaban J connectivity index is 0.000000212. The molecule has 3 rings (SSSR count). The van der Waals surface area contributed by atoms with E-state index >= 15 is 0 Å². The van der Waals surface area contributed by atoms with Gasteiger partial charge in [-0.25, -0.2) is 0 Å². The van der Waals surface area contributed by atoms with Gasteiger partial charge in [-0.15, -0.1) is 0 Å². The number of nitrogens with zero attached hydrogens (tertiary/aromatic N) is 2. The van der Waals surface area contributed by atoms with Crippen molar-refractivity contribution >= 4 is 17.3 Å². The molecule has 0 spiro atoms. The molecule has 2 heterocycles. The minimum absolute atomic E-state index is 0.0914. The maximum absolute atomic E-state index is 10.3. The van der Waals surface area contributed by atoms with Gasteiger partial charge in [-0.2, -0.15) is 0 Å². The summed E-state index contributed by atoms with van der Waals surface area (Å²) in [6, 6.07) is 9.37. The molecule has 2 fully saturated rings. The van der Waals surface area contributed by atoms with E-state index in [-0.39, 0.29) is 5.92 Å². The number of carbonyl (C=O) groups is 1. The first-order chi connectivity index (χ1) is 12.0. The Labute approximate surface area is 151 Å². The van der Waals surface area contributed by atoms with Crippen LogP contribution in [-0.4, -0.2) is 69.3 Å². The molecule has 0 bridgehead atoms. The van der Waals surface area contributed by atoms with Gasteiger partial charge < -0.3 is 25.5 Å². The Kier molecular flexibility index (Phi) is 7.52. The molecule has 6 nitrogen and oxygen atoms in total. The molecule has 2 aliphatic rings. The number of carboxylic acid groups (broad SMARTS) is 1. The van der Waals surface area contributed by atoms with E-state index in [0.717, 1.165) is 32.5 Å². The van der Waals surface area contributed by atoms with Crippen molar-refractivity contribution in [2.24, 2.45) is 5.92 Å². The second-order valence-corrected chi connectivity index (χ2v) is 7.01. The molecule has 0 aliphatic carbocycles. The van der Waals surface area contributed by atoms with Gasteiger partial charge in [0.15, 0.2) is 0 Å². The quantitative estimate of drug-likeness (QED) is 0.773. The van der Waals surface area contributed by atoms with E-state index in [1.54, 1.807) is 0 Å². The van der Waals surface area contributed by atoms with Gasteiger partial charge in [-0.3, -0.25) is 4.79 Å². The smallest absolute Gasteiger partial charge is 0.306 e. The fourth-order valence-electron chi connectivity index (χ4n) is 3.31. The maximum Gasteiger partial charge on any atom is 0.306 e. The summed E-state index contributed by atoms with van der Waals surface area (Å²) >= 11 is 0. The van der Waals surface area contributed by atoms with Gasteiger partial charge in [0.2, 0.25) is 0 Å². The molecule has 3 N–H and O–H groups in total. The predicted molar refractivity (Wildman–Crippen MR) is 104 cm³/mol. The minimum Gasteiger partial charge on any atom is -0.481 e. The largest absolute Gasteiger partial charge is 0.481 e. The predicted octanol–water partition coefficient (Wildman–Crippen LogP) is 1.94. The van der Waals surface area contributed by atoms with Crippen LogP contribution in [-0.2, 0) is 4.79 Å². The van der Waals surface area contributed by atoms with E-state index in [0.29, 0.717) is 6.04 Å². The Morgan fingerprint density at radius 1 is 1.20 bits per heavy atom. The van der Waals surface area contributed by atoms with Crippen LogP contribution in [0.5, 0.6) is 0 Å². The van der Waals surface area contributed by atoms with Crippen LogP contribution >= 0.6 is 0 Å². The summed E-state index contributed by atoms with van der Waals surface area (Å²) in [6.07, 6.45) is 2.84. The van der Waals surface area contributed by atoms with Crippen LogP contribution in [0.1, 0.15) is 19.3 Å². The van der Waals surface area contributed by atoms with Crippen molar-refractivity contribution in [3.05, 3.63) is 24.3 Å². The number of hydrogen-bond acceptors (Lipinski definition) is 5. The second-order valence-electron chi connectivity index (χ2n) is 7.01. The molecule has 0 radical (unpaired) electrons. The number of carboxylic acids is 1. The van der Waals surface area contributed by atoms with E-state index in [2.05, 4.69) is 58.8 Å². The van der Waals surface area contributed by atoms with Crippen molar-refractivity contribution in [3.63, 3.8) is 0 Å². The average molecular weight is 348 g/mol. The summed E-state index contributed by atoms with van der Waals surface area (Å²) in [5, 5.41) is 14.8. The number of hydrogen-bond donors (Lipinski definition) is 3. The van der Waals surface area contributed by atoms with Gasteiger partial charge in [-0.05, 0) is 70.7 Å². The molecule has 0 amide bonds. The van der Waals surface area contributed by atoms with Crippen molar-refractivity contribution < 1.29 is 9.90 Å². The fraction of sp³-hybridized carbons (Fsp3) is 0.632. The van der Waals surface area contributed by atoms with E-state index in [1.165, 1.54) is 24.3 Å². The zero-order chi connectivity index (χ0) is 18.2. The molecule has 2 saturated heterocycles. The first kappa shape index (κ1) is 19.5. The van der Waals surface area contributed by atoms with Crippen LogP contribution in [0, 0.1) is 5.92 Å². The third-order valence-corrected chi connectivity index (χ3v) is 5.10. The standard InChI is InChI=1S/C13H21N3.C6H11NO2/c1-14-11-4-6-12(7-5-11)16-9-8-13(10-16)15(2)3;8-6(9)5-1-3-7-4-2-5/h4-7,13-14H,8-10H2,1-3H3;5,7H,1-4H2,(H,8,9). The third kappa shape index (κ3) is 5.90. The van der Waals surface area contributed by atoms with Crippen LogP contribution in [0.2, 0.25) is 0 Å². The van der Waals surface area contributed by atoms with E-state index in [1.807, 2.05) is 7.05 Å².